The van der Waals surface area contributed by atoms with Crippen molar-refractivity contribution in [2.45, 2.75) is 6.92 Å². The minimum absolute atomic E-state index is 0.0742. The fourth-order valence-electron chi connectivity index (χ4n) is 1.36. The van der Waals surface area contributed by atoms with Gasteiger partial charge in [-0.1, -0.05) is 29.3 Å². The molecule has 0 atom stereocenters. The zero-order chi connectivity index (χ0) is 14.6. The van der Waals surface area contributed by atoms with E-state index < -0.39 is 22.5 Å². The molecule has 0 amide bonds. The number of halogens is 2. The van der Waals surface area contributed by atoms with Gasteiger partial charge in [-0.2, -0.15) is 0 Å². The smallest absolute Gasteiger partial charge is 0.326 e. The van der Waals surface area contributed by atoms with Crippen molar-refractivity contribution >= 4 is 44.9 Å². The molecule has 0 N–H and O–H groups in total. The van der Waals surface area contributed by atoms with Gasteiger partial charge in [0.05, 0.1) is 28.6 Å². The number of carbonyl (C=O) groups excluding carboxylic acids is 1. The molecule has 5 nitrogen and oxygen atoms in total. The highest BCUT2D eigenvalue weighted by atomic mass is 35.5. The first-order valence-corrected chi connectivity index (χ1v) is 7.71. The van der Waals surface area contributed by atoms with E-state index in [1.807, 2.05) is 0 Å². The highest BCUT2D eigenvalue weighted by molar-refractivity contribution is 7.92. The summed E-state index contributed by atoms with van der Waals surface area (Å²) in [6.07, 6.45) is 0. The average molecular weight is 326 g/mol. The first kappa shape index (κ1) is 16.1. The summed E-state index contributed by atoms with van der Waals surface area (Å²) in [7, 11) is -2.49. The topological polar surface area (TPSA) is 63.7 Å². The summed E-state index contributed by atoms with van der Waals surface area (Å²) in [6.45, 7) is 1.02. The van der Waals surface area contributed by atoms with E-state index in [2.05, 4.69) is 4.74 Å². The van der Waals surface area contributed by atoms with Gasteiger partial charge in [-0.05, 0) is 19.1 Å². The third-order valence-electron chi connectivity index (χ3n) is 2.40. The molecule has 0 heterocycles. The summed E-state index contributed by atoms with van der Waals surface area (Å²) in [5.41, 5.74) is 0.154. The molecule has 0 bridgehead atoms. The molecule has 0 spiro atoms. The highest BCUT2D eigenvalue weighted by Gasteiger charge is 2.26. The Labute approximate surface area is 122 Å². The van der Waals surface area contributed by atoms with Crippen LogP contribution in [0.1, 0.15) is 6.92 Å². The first-order valence-electron chi connectivity index (χ1n) is 5.34. The van der Waals surface area contributed by atoms with Gasteiger partial charge in [-0.3, -0.25) is 9.10 Å². The lowest BCUT2D eigenvalue weighted by atomic mass is 10.3. The molecule has 1 aromatic carbocycles. The fourth-order valence-corrected chi connectivity index (χ4v) is 2.87. The third-order valence-corrected chi connectivity index (χ3v) is 4.94. The van der Waals surface area contributed by atoms with Crippen LogP contribution in [0, 0.1) is 0 Å². The zero-order valence-electron chi connectivity index (χ0n) is 10.4. The van der Waals surface area contributed by atoms with E-state index in [4.69, 9.17) is 23.2 Å². The Hall–Kier alpha value is -0.980. The SMILES string of the molecule is CCS(=O)(=O)N(CC(=O)OC)c1cccc(Cl)c1Cl. The van der Waals surface area contributed by atoms with E-state index in [-0.39, 0.29) is 21.5 Å². The molecule has 0 aromatic heterocycles. The van der Waals surface area contributed by atoms with E-state index in [1.54, 1.807) is 6.07 Å². The van der Waals surface area contributed by atoms with Gasteiger partial charge in [0.1, 0.15) is 6.54 Å². The molecule has 0 aliphatic heterocycles. The zero-order valence-corrected chi connectivity index (χ0v) is 12.7. The molecule has 0 aliphatic carbocycles. The molecular formula is C11H13Cl2NO4S. The number of nitrogens with zero attached hydrogens (tertiary/aromatic N) is 1. The number of hydrogen-bond donors (Lipinski definition) is 0. The van der Waals surface area contributed by atoms with Crippen molar-refractivity contribution in [3.63, 3.8) is 0 Å². The number of sulfonamides is 1. The van der Waals surface area contributed by atoms with Gasteiger partial charge < -0.3 is 4.74 Å². The first-order chi connectivity index (χ1) is 8.83. The van der Waals surface area contributed by atoms with Crippen LogP contribution in [-0.2, 0) is 19.6 Å². The maximum Gasteiger partial charge on any atom is 0.326 e. The summed E-state index contributed by atoms with van der Waals surface area (Å²) >= 11 is 11.8. The van der Waals surface area contributed by atoms with E-state index >= 15 is 0 Å². The molecule has 0 fully saturated rings. The molecular weight excluding hydrogens is 313 g/mol. The summed E-state index contributed by atoms with van der Waals surface area (Å²) in [6, 6.07) is 4.56. The number of benzene rings is 1. The van der Waals surface area contributed by atoms with Gasteiger partial charge in [0.2, 0.25) is 10.0 Å². The highest BCUT2D eigenvalue weighted by Crippen LogP contribution is 2.33. The summed E-state index contributed by atoms with van der Waals surface area (Å²) < 4.78 is 29.4. The van der Waals surface area contributed by atoms with Crippen molar-refractivity contribution in [2.75, 3.05) is 23.7 Å². The normalized spacial score (nSPS) is 11.2. The van der Waals surface area contributed by atoms with Crippen LogP contribution in [0.5, 0.6) is 0 Å². The largest absolute Gasteiger partial charge is 0.468 e. The molecule has 8 heteroatoms. The summed E-state index contributed by atoms with van der Waals surface area (Å²) in [4.78, 5) is 11.3. The monoisotopic (exact) mass is 325 g/mol. The maximum atomic E-state index is 12.0. The number of rotatable bonds is 5. The lowest BCUT2D eigenvalue weighted by molar-refractivity contribution is -0.138. The number of esters is 1. The van der Waals surface area contributed by atoms with E-state index in [0.717, 1.165) is 4.31 Å². The van der Waals surface area contributed by atoms with Gasteiger partial charge >= 0.3 is 5.97 Å². The van der Waals surface area contributed by atoms with Crippen LogP contribution in [0.3, 0.4) is 0 Å². The van der Waals surface area contributed by atoms with Crippen LogP contribution in [0.25, 0.3) is 0 Å². The van der Waals surface area contributed by atoms with Crippen LogP contribution in [0.15, 0.2) is 18.2 Å². The van der Waals surface area contributed by atoms with Crippen molar-refractivity contribution in [2.24, 2.45) is 0 Å². The second-order valence-corrected chi connectivity index (χ2v) is 6.52. The second-order valence-electron chi connectivity index (χ2n) is 3.56. The Balaban J connectivity index is 3.31. The van der Waals surface area contributed by atoms with Gasteiger partial charge in [0, 0.05) is 0 Å². The molecule has 0 radical (unpaired) electrons. The minimum Gasteiger partial charge on any atom is -0.468 e. The number of hydrogen-bond acceptors (Lipinski definition) is 4. The maximum absolute atomic E-state index is 12.0. The molecule has 0 aliphatic rings. The van der Waals surface area contributed by atoms with Crippen molar-refractivity contribution < 1.29 is 17.9 Å². The Morgan fingerprint density at radius 1 is 1.37 bits per heavy atom. The van der Waals surface area contributed by atoms with Crippen molar-refractivity contribution in [1.29, 1.82) is 0 Å². The molecule has 106 valence electrons. The number of methoxy groups -OCH3 is 1. The Kier molecular flexibility index (Phi) is 5.46. The van der Waals surface area contributed by atoms with Crippen LogP contribution >= 0.6 is 23.2 Å². The Morgan fingerprint density at radius 3 is 2.53 bits per heavy atom. The van der Waals surface area contributed by atoms with Crippen LogP contribution in [-0.4, -0.2) is 33.8 Å². The van der Waals surface area contributed by atoms with Crippen LogP contribution < -0.4 is 4.31 Å². The summed E-state index contributed by atoms with van der Waals surface area (Å²) in [5, 5.41) is 0.283. The fraction of sp³-hybridized carbons (Fsp3) is 0.364. The predicted molar refractivity (Wildman–Crippen MR) is 75.3 cm³/mol. The van der Waals surface area contributed by atoms with Gasteiger partial charge in [-0.25, -0.2) is 8.42 Å². The van der Waals surface area contributed by atoms with Crippen molar-refractivity contribution in [1.82, 2.24) is 0 Å². The number of anilines is 1. The van der Waals surface area contributed by atoms with Crippen LogP contribution in [0.4, 0.5) is 5.69 Å². The van der Waals surface area contributed by atoms with Gasteiger partial charge in [0.25, 0.3) is 0 Å². The second kappa shape index (κ2) is 6.45. The third kappa shape index (κ3) is 3.75. The van der Waals surface area contributed by atoms with Crippen molar-refractivity contribution in [3.05, 3.63) is 28.2 Å². The average Bonchev–Trinajstić information content (AvgIpc) is 2.39. The molecule has 0 saturated carbocycles. The molecule has 19 heavy (non-hydrogen) atoms. The van der Waals surface area contributed by atoms with Gasteiger partial charge in [-0.15, -0.1) is 0 Å². The van der Waals surface area contributed by atoms with E-state index in [1.165, 1.54) is 26.2 Å². The standard InChI is InChI=1S/C11H13Cl2NO4S/c1-3-19(16,17)14(7-10(15)18-2)9-6-4-5-8(12)11(9)13/h4-6H,3,7H2,1-2H3. The molecule has 1 aromatic rings. The van der Waals surface area contributed by atoms with Gasteiger partial charge in [0.15, 0.2) is 0 Å². The predicted octanol–water partition coefficient (Wildman–Crippen LogP) is 2.32. The quantitative estimate of drug-likeness (QED) is 0.779. The van der Waals surface area contributed by atoms with Crippen molar-refractivity contribution in [3.8, 4) is 0 Å². The molecule has 1 rings (SSSR count). The Morgan fingerprint density at radius 2 is 2.00 bits per heavy atom. The van der Waals surface area contributed by atoms with Crippen LogP contribution in [0.2, 0.25) is 10.0 Å². The molecule has 0 unspecified atom stereocenters. The summed E-state index contributed by atoms with van der Waals surface area (Å²) in [5.74, 6) is -0.861. The number of carbonyl (C=O) groups is 1. The number of ether oxygens (including phenoxy) is 1. The van der Waals surface area contributed by atoms with E-state index in [0.29, 0.717) is 0 Å². The lowest BCUT2D eigenvalue weighted by Gasteiger charge is -2.23. The molecule has 0 saturated heterocycles. The lowest BCUT2D eigenvalue weighted by Crippen LogP contribution is -2.37. The Bertz CT molecular complexity index is 574. The minimum atomic E-state index is -3.67. The van der Waals surface area contributed by atoms with E-state index in [9.17, 15) is 13.2 Å².